The van der Waals surface area contributed by atoms with Gasteiger partial charge in [-0.2, -0.15) is 0 Å². The average molecular weight is 309 g/mol. The number of anilines is 1. The molecule has 0 saturated carbocycles. The van der Waals surface area contributed by atoms with E-state index in [1.807, 2.05) is 6.20 Å². The van der Waals surface area contributed by atoms with Crippen LogP contribution in [0.15, 0.2) is 48.7 Å². The Hall–Kier alpha value is -1.87. The van der Waals surface area contributed by atoms with Gasteiger partial charge in [-0.3, -0.25) is 4.90 Å². The number of rotatable bonds is 6. The van der Waals surface area contributed by atoms with Gasteiger partial charge in [0.25, 0.3) is 0 Å². The van der Waals surface area contributed by atoms with Crippen LogP contribution < -0.4 is 5.32 Å². The van der Waals surface area contributed by atoms with Crippen LogP contribution in [-0.4, -0.2) is 22.5 Å². The molecule has 1 aliphatic rings. The second kappa shape index (κ2) is 7.60. The number of nitrogens with one attached hydrogen (secondary N) is 1. The van der Waals surface area contributed by atoms with Crippen molar-refractivity contribution < 1.29 is 0 Å². The fourth-order valence-corrected chi connectivity index (χ4v) is 3.33. The van der Waals surface area contributed by atoms with Gasteiger partial charge < -0.3 is 5.32 Å². The number of benzene rings is 1. The Balaban J connectivity index is 1.80. The zero-order valence-electron chi connectivity index (χ0n) is 14.2. The van der Waals surface area contributed by atoms with Crippen LogP contribution in [0.25, 0.3) is 0 Å². The van der Waals surface area contributed by atoms with E-state index in [0.29, 0.717) is 12.1 Å². The number of likely N-dealkylation sites (tertiary alicyclic amines) is 1. The second-order valence-corrected chi connectivity index (χ2v) is 6.51. The van der Waals surface area contributed by atoms with Crippen LogP contribution in [0.3, 0.4) is 0 Å². The first-order valence-electron chi connectivity index (χ1n) is 8.77. The van der Waals surface area contributed by atoms with Crippen molar-refractivity contribution in [3.05, 3.63) is 59.8 Å². The molecule has 0 bridgehead atoms. The second-order valence-electron chi connectivity index (χ2n) is 6.51. The van der Waals surface area contributed by atoms with Gasteiger partial charge in [0.15, 0.2) is 0 Å². The van der Waals surface area contributed by atoms with Gasteiger partial charge in [0.05, 0.1) is 0 Å². The van der Waals surface area contributed by atoms with Gasteiger partial charge in [0.2, 0.25) is 0 Å². The number of hydrogen-bond acceptors (Lipinski definition) is 3. The first-order chi connectivity index (χ1) is 11.3. The molecule has 0 aliphatic carbocycles. The minimum Gasteiger partial charge on any atom is -0.367 e. The fourth-order valence-electron chi connectivity index (χ4n) is 3.33. The van der Waals surface area contributed by atoms with Gasteiger partial charge in [0.1, 0.15) is 5.82 Å². The van der Waals surface area contributed by atoms with Crippen molar-refractivity contribution in [2.24, 2.45) is 0 Å². The lowest BCUT2D eigenvalue weighted by Gasteiger charge is -2.27. The smallest absolute Gasteiger partial charge is 0.130 e. The highest BCUT2D eigenvalue weighted by atomic mass is 15.2. The first kappa shape index (κ1) is 16.0. The van der Waals surface area contributed by atoms with E-state index in [-0.39, 0.29) is 0 Å². The molecule has 1 aromatic carbocycles. The van der Waals surface area contributed by atoms with Crippen molar-refractivity contribution in [3.8, 4) is 0 Å². The molecule has 2 aromatic rings. The highest BCUT2D eigenvalue weighted by molar-refractivity contribution is 5.46. The normalized spacial score (nSPS) is 19.7. The monoisotopic (exact) mass is 309 g/mol. The van der Waals surface area contributed by atoms with Crippen LogP contribution >= 0.6 is 0 Å². The number of nitrogens with zero attached hydrogens (tertiary/aromatic N) is 2. The molecule has 1 N–H and O–H groups in total. The first-order valence-corrected chi connectivity index (χ1v) is 8.77. The topological polar surface area (TPSA) is 28.2 Å². The van der Waals surface area contributed by atoms with Crippen LogP contribution in [0, 0.1) is 0 Å². The van der Waals surface area contributed by atoms with Crippen LogP contribution in [0.4, 0.5) is 5.82 Å². The fraction of sp³-hybridized carbons (Fsp3) is 0.450. The summed E-state index contributed by atoms with van der Waals surface area (Å²) in [6.07, 6.45) is 5.47. The maximum atomic E-state index is 4.61. The van der Waals surface area contributed by atoms with Crippen molar-refractivity contribution >= 4 is 5.82 Å². The number of hydrogen-bond donors (Lipinski definition) is 1. The summed E-state index contributed by atoms with van der Waals surface area (Å²) in [4.78, 5) is 7.21. The maximum Gasteiger partial charge on any atom is 0.130 e. The predicted octanol–water partition coefficient (Wildman–Crippen LogP) is 4.63. The molecule has 3 nitrogen and oxygen atoms in total. The molecule has 2 atom stereocenters. The Morgan fingerprint density at radius 2 is 2.04 bits per heavy atom. The third-order valence-electron chi connectivity index (χ3n) is 4.79. The predicted molar refractivity (Wildman–Crippen MR) is 96.4 cm³/mol. The summed E-state index contributed by atoms with van der Waals surface area (Å²) >= 11 is 0. The highest BCUT2D eigenvalue weighted by Crippen LogP contribution is 2.36. The zero-order chi connectivity index (χ0) is 16.1. The molecule has 122 valence electrons. The molecule has 3 rings (SSSR count). The van der Waals surface area contributed by atoms with Gasteiger partial charge in [-0.1, -0.05) is 43.3 Å². The molecular weight excluding hydrogens is 282 g/mol. The molecule has 23 heavy (non-hydrogen) atoms. The molecule has 0 amide bonds. The third-order valence-corrected chi connectivity index (χ3v) is 4.79. The number of pyridine rings is 1. The summed E-state index contributed by atoms with van der Waals surface area (Å²) in [5.41, 5.74) is 2.74. The van der Waals surface area contributed by atoms with Crippen molar-refractivity contribution in [2.45, 2.75) is 51.7 Å². The molecule has 1 saturated heterocycles. The van der Waals surface area contributed by atoms with Crippen molar-refractivity contribution in [1.29, 1.82) is 0 Å². The Bertz CT molecular complexity index is 611. The molecule has 1 aromatic heterocycles. The van der Waals surface area contributed by atoms with Crippen LogP contribution in [0.5, 0.6) is 0 Å². The van der Waals surface area contributed by atoms with Crippen LogP contribution in [0.2, 0.25) is 0 Å². The van der Waals surface area contributed by atoms with E-state index in [0.717, 1.165) is 25.3 Å². The lowest BCUT2D eigenvalue weighted by Crippen LogP contribution is -2.25. The summed E-state index contributed by atoms with van der Waals surface area (Å²) in [7, 11) is 0. The summed E-state index contributed by atoms with van der Waals surface area (Å²) in [5, 5.41) is 3.58. The molecule has 1 aliphatic heterocycles. The van der Waals surface area contributed by atoms with E-state index in [2.05, 4.69) is 71.5 Å². The van der Waals surface area contributed by atoms with E-state index in [1.165, 1.54) is 24.0 Å². The van der Waals surface area contributed by atoms with Gasteiger partial charge in [-0.15, -0.1) is 0 Å². The van der Waals surface area contributed by atoms with Crippen molar-refractivity contribution in [3.63, 3.8) is 0 Å². The van der Waals surface area contributed by atoms with E-state index in [1.54, 1.807) is 0 Å². The SMILES string of the molecule is CC[C@@H](C)Nc1ncccc1[C@H]1CCCN1Cc1ccccc1. The summed E-state index contributed by atoms with van der Waals surface area (Å²) in [6.45, 7) is 6.60. The van der Waals surface area contributed by atoms with E-state index >= 15 is 0 Å². The Kier molecular flexibility index (Phi) is 5.29. The summed E-state index contributed by atoms with van der Waals surface area (Å²) < 4.78 is 0. The standard InChI is InChI=1S/C20H27N3/c1-3-16(2)22-20-18(11-7-13-21-20)19-12-8-14-23(19)15-17-9-5-4-6-10-17/h4-7,9-11,13,16,19H,3,8,12,14-15H2,1-2H3,(H,21,22)/t16-,19-/m1/s1. The highest BCUT2D eigenvalue weighted by Gasteiger charge is 2.28. The van der Waals surface area contributed by atoms with Gasteiger partial charge >= 0.3 is 0 Å². The minimum absolute atomic E-state index is 0.452. The third kappa shape index (κ3) is 3.91. The zero-order valence-corrected chi connectivity index (χ0v) is 14.2. The van der Waals surface area contributed by atoms with Gasteiger partial charge in [0, 0.05) is 30.4 Å². The van der Waals surface area contributed by atoms with E-state index in [9.17, 15) is 0 Å². The number of aromatic nitrogens is 1. The summed E-state index contributed by atoms with van der Waals surface area (Å²) in [6, 6.07) is 16.0. The lowest BCUT2D eigenvalue weighted by molar-refractivity contribution is 0.248. The van der Waals surface area contributed by atoms with Crippen molar-refractivity contribution in [1.82, 2.24) is 9.88 Å². The molecule has 3 heteroatoms. The molecule has 0 unspecified atom stereocenters. The molecular formula is C20H27N3. The molecule has 2 heterocycles. The average Bonchev–Trinajstić information content (AvgIpc) is 3.04. The lowest BCUT2D eigenvalue weighted by atomic mass is 10.0. The molecule has 1 fully saturated rings. The summed E-state index contributed by atoms with van der Waals surface area (Å²) in [5.74, 6) is 1.06. The maximum absolute atomic E-state index is 4.61. The van der Waals surface area contributed by atoms with Crippen LogP contribution in [-0.2, 0) is 6.54 Å². The van der Waals surface area contributed by atoms with Crippen LogP contribution in [0.1, 0.15) is 50.3 Å². The van der Waals surface area contributed by atoms with E-state index < -0.39 is 0 Å². The quantitative estimate of drug-likeness (QED) is 0.843. The van der Waals surface area contributed by atoms with E-state index in [4.69, 9.17) is 0 Å². The van der Waals surface area contributed by atoms with Gasteiger partial charge in [-0.25, -0.2) is 4.98 Å². The molecule has 0 radical (unpaired) electrons. The van der Waals surface area contributed by atoms with Crippen molar-refractivity contribution in [2.75, 3.05) is 11.9 Å². The Morgan fingerprint density at radius 1 is 1.22 bits per heavy atom. The molecule has 0 spiro atoms. The Labute approximate surface area is 139 Å². The van der Waals surface area contributed by atoms with Gasteiger partial charge in [-0.05, 0) is 44.4 Å². The largest absolute Gasteiger partial charge is 0.367 e. The Morgan fingerprint density at radius 3 is 2.83 bits per heavy atom. The minimum atomic E-state index is 0.452.